The van der Waals surface area contributed by atoms with Crippen LogP contribution < -0.4 is 3.54 Å². The Morgan fingerprint density at radius 3 is 2.20 bits per heavy atom. The third-order valence-electron chi connectivity index (χ3n) is 0.203. The van der Waals surface area contributed by atoms with Gasteiger partial charge in [-0.25, -0.2) is 0 Å². The fraction of sp³-hybridized carbons (Fsp3) is 0.500. The van der Waals surface area contributed by atoms with Crippen molar-refractivity contribution in [2.45, 2.75) is 6.92 Å². The first-order valence-corrected chi connectivity index (χ1v) is 2.89. The molecule has 0 aromatic rings. The van der Waals surface area contributed by atoms with Crippen LogP contribution in [0.1, 0.15) is 6.92 Å². The predicted molar refractivity (Wildman–Crippen MR) is 21.0 cm³/mol. The Morgan fingerprint density at radius 2 is 2.20 bits per heavy atom. The third kappa shape index (κ3) is 4.27. The van der Waals surface area contributed by atoms with E-state index in [0.29, 0.717) is 0 Å². The van der Waals surface area contributed by atoms with Gasteiger partial charge in [-0.1, -0.05) is 0 Å². The SMILES string of the molecule is CC(=O)[NH][SnH]. The molecule has 0 aromatic carbocycles. The standard InChI is InChI=1S/C2H5NO.Sn.H/c1-2(3)4;;/h1H3,(H2,3,4);;/q;+1;/p-1. The molecule has 3 heteroatoms. The summed E-state index contributed by atoms with van der Waals surface area (Å²) in [7, 11) is 0. The maximum absolute atomic E-state index is 9.73. The van der Waals surface area contributed by atoms with Gasteiger partial charge in [-0.15, -0.1) is 0 Å². The van der Waals surface area contributed by atoms with Crippen LogP contribution >= 0.6 is 0 Å². The van der Waals surface area contributed by atoms with Crippen molar-refractivity contribution >= 4 is 28.7 Å². The van der Waals surface area contributed by atoms with Gasteiger partial charge in [-0.05, 0) is 0 Å². The van der Waals surface area contributed by atoms with Crippen molar-refractivity contribution in [1.29, 1.82) is 0 Å². The minimum absolute atomic E-state index is 0.0624. The van der Waals surface area contributed by atoms with E-state index in [-0.39, 0.29) is 5.91 Å². The fourth-order valence-electron chi connectivity index (χ4n) is 0. The minimum atomic E-state index is 0.0624. The van der Waals surface area contributed by atoms with Crippen molar-refractivity contribution < 1.29 is 4.79 Å². The van der Waals surface area contributed by atoms with Crippen LogP contribution in [-0.2, 0) is 4.79 Å². The molecule has 2 radical (unpaired) electrons. The Kier molecular flexibility index (Phi) is 2.64. The molecule has 0 aromatic heterocycles. The first-order chi connectivity index (χ1) is 2.27. The molecule has 0 spiro atoms. The zero-order valence-electron chi connectivity index (χ0n) is 2.99. The van der Waals surface area contributed by atoms with Crippen LogP contribution in [0.5, 0.6) is 0 Å². The summed E-state index contributed by atoms with van der Waals surface area (Å²) in [6.45, 7) is 1.50. The zero-order valence-corrected chi connectivity index (χ0v) is 6.28. The Hall–Kier alpha value is 0.269. The topological polar surface area (TPSA) is 29.1 Å². The molecule has 28 valence electrons. The number of rotatable bonds is 0. The molecule has 0 aliphatic heterocycles. The van der Waals surface area contributed by atoms with Gasteiger partial charge >= 0.3 is 44.0 Å². The summed E-state index contributed by atoms with van der Waals surface area (Å²) in [4.78, 5) is 9.73. The van der Waals surface area contributed by atoms with Gasteiger partial charge < -0.3 is 0 Å². The number of amides is 1. The summed E-state index contributed by atoms with van der Waals surface area (Å²) >= 11 is 0.827. The molecular weight excluding hydrogens is 173 g/mol. The van der Waals surface area contributed by atoms with E-state index in [2.05, 4.69) is 3.54 Å². The summed E-state index contributed by atoms with van der Waals surface area (Å²) in [6.07, 6.45) is 0. The first-order valence-electron chi connectivity index (χ1n) is 1.24. The van der Waals surface area contributed by atoms with Gasteiger partial charge in [0.05, 0.1) is 0 Å². The van der Waals surface area contributed by atoms with Gasteiger partial charge in [0.25, 0.3) is 0 Å². The van der Waals surface area contributed by atoms with Gasteiger partial charge in [-0.2, -0.15) is 0 Å². The van der Waals surface area contributed by atoms with Crippen molar-refractivity contribution in [3.8, 4) is 0 Å². The summed E-state index contributed by atoms with van der Waals surface area (Å²) in [5.74, 6) is 0.0624. The fourth-order valence-corrected chi connectivity index (χ4v) is 0. The molecule has 2 nitrogen and oxygen atoms in total. The van der Waals surface area contributed by atoms with Crippen molar-refractivity contribution in [1.82, 2.24) is 3.54 Å². The summed E-state index contributed by atoms with van der Waals surface area (Å²) in [6, 6.07) is 0. The average Bonchev–Trinajstić information content (AvgIpc) is 1.38. The van der Waals surface area contributed by atoms with E-state index >= 15 is 0 Å². The maximum atomic E-state index is 9.73. The summed E-state index contributed by atoms with van der Waals surface area (Å²) in [5.41, 5.74) is 0. The Labute approximate surface area is 44.4 Å². The van der Waals surface area contributed by atoms with Crippen LogP contribution in [0.3, 0.4) is 0 Å². The van der Waals surface area contributed by atoms with Crippen LogP contribution in [0.15, 0.2) is 0 Å². The summed E-state index contributed by atoms with van der Waals surface area (Å²) < 4.78 is 2.52. The molecule has 0 aliphatic carbocycles. The molecule has 0 rings (SSSR count). The van der Waals surface area contributed by atoms with Crippen LogP contribution in [-0.4, -0.2) is 28.7 Å². The molecule has 1 amide bonds. The third-order valence-corrected chi connectivity index (χ3v) is 1.36. The Bertz CT molecular complexity index is 44.9. The van der Waals surface area contributed by atoms with E-state index < -0.39 is 0 Å². The molecule has 0 bridgehead atoms. The quantitative estimate of drug-likeness (QED) is 0.470. The first kappa shape index (κ1) is 5.27. The Balaban J connectivity index is 2.85. The Morgan fingerprint density at radius 1 is 2.00 bits per heavy atom. The van der Waals surface area contributed by atoms with E-state index in [1.165, 1.54) is 6.92 Å². The molecular formula is C2H5NOSn. The van der Waals surface area contributed by atoms with Crippen LogP contribution in [0.25, 0.3) is 0 Å². The number of carbonyl (C=O) groups excluding carboxylic acids is 1. The van der Waals surface area contributed by atoms with Gasteiger partial charge in [0.1, 0.15) is 0 Å². The van der Waals surface area contributed by atoms with E-state index in [1.54, 1.807) is 0 Å². The monoisotopic (exact) mass is 179 g/mol. The van der Waals surface area contributed by atoms with E-state index in [1.807, 2.05) is 0 Å². The summed E-state index contributed by atoms with van der Waals surface area (Å²) in [5, 5.41) is 0. The second-order valence-electron chi connectivity index (χ2n) is 0.701. The average molecular weight is 178 g/mol. The second-order valence-corrected chi connectivity index (χ2v) is 1.52. The molecule has 0 atom stereocenters. The second kappa shape index (κ2) is 2.50. The van der Waals surface area contributed by atoms with Crippen LogP contribution in [0.4, 0.5) is 0 Å². The predicted octanol–water partition coefficient (Wildman–Crippen LogP) is -1.06. The number of hydrogen-bond donors (Lipinski definition) is 1. The van der Waals surface area contributed by atoms with Crippen molar-refractivity contribution in [2.24, 2.45) is 0 Å². The molecule has 0 saturated heterocycles. The number of carbonyl (C=O) groups is 1. The number of hydrogen-bond acceptors (Lipinski definition) is 1. The van der Waals surface area contributed by atoms with Gasteiger partial charge in [0.2, 0.25) is 0 Å². The molecule has 0 heterocycles. The van der Waals surface area contributed by atoms with Crippen LogP contribution in [0.2, 0.25) is 0 Å². The van der Waals surface area contributed by atoms with Gasteiger partial charge in [0, 0.05) is 0 Å². The molecule has 5 heavy (non-hydrogen) atoms. The molecule has 0 unspecified atom stereocenters. The van der Waals surface area contributed by atoms with Gasteiger partial charge in [-0.3, -0.25) is 0 Å². The molecule has 1 N–H and O–H groups in total. The zero-order chi connectivity index (χ0) is 4.28. The van der Waals surface area contributed by atoms with Crippen molar-refractivity contribution in [2.75, 3.05) is 0 Å². The van der Waals surface area contributed by atoms with Crippen molar-refractivity contribution in [3.63, 3.8) is 0 Å². The van der Waals surface area contributed by atoms with Gasteiger partial charge in [0.15, 0.2) is 0 Å². The van der Waals surface area contributed by atoms with E-state index in [0.717, 1.165) is 22.8 Å². The van der Waals surface area contributed by atoms with E-state index in [4.69, 9.17) is 0 Å². The molecule has 0 fully saturated rings. The molecule has 0 saturated carbocycles. The van der Waals surface area contributed by atoms with Crippen LogP contribution in [0, 0.1) is 0 Å². The molecule has 0 aliphatic rings. The van der Waals surface area contributed by atoms with E-state index in [9.17, 15) is 4.79 Å². The van der Waals surface area contributed by atoms with Crippen molar-refractivity contribution in [3.05, 3.63) is 0 Å². The number of nitrogens with one attached hydrogen (secondary N) is 1. The normalized spacial score (nSPS) is 6.80.